The zero-order chi connectivity index (χ0) is 29.3. The number of carbonyl (C=O) groups is 1. The lowest BCUT2D eigenvalue weighted by molar-refractivity contribution is 0.0953. The Morgan fingerprint density at radius 3 is 2.54 bits per heavy atom. The lowest BCUT2D eigenvalue weighted by Gasteiger charge is -2.29. The van der Waals surface area contributed by atoms with Crippen molar-refractivity contribution in [3.05, 3.63) is 87.5 Å². The summed E-state index contributed by atoms with van der Waals surface area (Å²) in [5.74, 6) is -1.03. The molecule has 8 heteroatoms. The Hall–Kier alpha value is -3.39. The summed E-state index contributed by atoms with van der Waals surface area (Å²) in [6.07, 6.45) is 12.9. The minimum absolute atomic E-state index is 0.129. The van der Waals surface area contributed by atoms with Crippen LogP contribution < -0.4 is 9.47 Å². The fraction of sp³-hybridized carbons (Fsp3) is 0.394. The van der Waals surface area contributed by atoms with Gasteiger partial charge in [-0.3, -0.25) is 4.79 Å². The number of aryl methyl sites for hydroxylation is 1. The summed E-state index contributed by atoms with van der Waals surface area (Å²) in [5.41, 5.74) is 4.35. The third kappa shape index (κ3) is 6.13. The van der Waals surface area contributed by atoms with Gasteiger partial charge in [-0.25, -0.2) is 5.01 Å². The highest BCUT2D eigenvalue weighted by molar-refractivity contribution is 8.02. The Kier molecular flexibility index (Phi) is 8.68. The number of Topliss-reactive ketones (excluding diaryl/α,β-unsaturated/α-hetero) is 1. The van der Waals surface area contributed by atoms with Crippen LogP contribution in [0.15, 0.2) is 64.3 Å². The van der Waals surface area contributed by atoms with Crippen molar-refractivity contribution in [2.24, 2.45) is 22.9 Å². The van der Waals surface area contributed by atoms with E-state index in [2.05, 4.69) is 26.0 Å². The second-order valence-corrected chi connectivity index (χ2v) is 11.8. The highest BCUT2D eigenvalue weighted by Crippen LogP contribution is 2.42. The van der Waals surface area contributed by atoms with Gasteiger partial charge in [-0.2, -0.15) is 8.78 Å². The van der Waals surface area contributed by atoms with E-state index in [1.165, 1.54) is 43.8 Å². The van der Waals surface area contributed by atoms with Crippen molar-refractivity contribution in [3.8, 4) is 11.5 Å². The van der Waals surface area contributed by atoms with Crippen molar-refractivity contribution in [2.75, 3.05) is 13.4 Å². The first-order valence-electron chi connectivity index (χ1n) is 14.1. The van der Waals surface area contributed by atoms with Gasteiger partial charge < -0.3 is 9.47 Å². The van der Waals surface area contributed by atoms with Gasteiger partial charge in [0.2, 0.25) is 17.5 Å². The number of ketones is 1. The van der Waals surface area contributed by atoms with E-state index in [4.69, 9.17) is 14.6 Å². The number of carbonyl (C=O) groups excluding carboxylic acids is 1. The molecular weight excluding hydrogens is 542 g/mol. The van der Waals surface area contributed by atoms with E-state index in [0.29, 0.717) is 18.3 Å². The molecule has 0 bridgehead atoms. The maximum atomic E-state index is 14.7. The number of fused-ring (bicyclic) bond motifs is 1. The summed E-state index contributed by atoms with van der Waals surface area (Å²) < 4.78 is 39.8. The van der Waals surface area contributed by atoms with E-state index in [1.54, 1.807) is 11.1 Å². The highest BCUT2D eigenvalue weighted by Gasteiger charge is 2.32. The summed E-state index contributed by atoms with van der Waals surface area (Å²) >= 11 is 1.52. The number of nitrogens with zero attached hydrogens (tertiary/aromatic N) is 2. The number of hydrogen-bond donors (Lipinski definition) is 0. The van der Waals surface area contributed by atoms with Gasteiger partial charge in [-0.05, 0) is 74.0 Å². The van der Waals surface area contributed by atoms with Gasteiger partial charge in [0, 0.05) is 28.5 Å². The number of allylic oxidation sites excluding steroid dienone is 2. The molecule has 2 aliphatic heterocycles. The van der Waals surface area contributed by atoms with E-state index < -0.39 is 11.6 Å². The maximum Gasteiger partial charge on any atom is 0.238 e. The molecule has 2 aromatic carbocycles. The maximum absolute atomic E-state index is 14.7. The molecule has 0 N–H and O–H groups in total. The van der Waals surface area contributed by atoms with Crippen LogP contribution in [0.5, 0.6) is 11.5 Å². The molecule has 5 rings (SSSR count). The average Bonchev–Trinajstić information content (AvgIpc) is 3.82. The van der Waals surface area contributed by atoms with Crippen LogP contribution in [0.25, 0.3) is 5.70 Å². The van der Waals surface area contributed by atoms with Crippen molar-refractivity contribution in [1.29, 1.82) is 0 Å². The minimum atomic E-state index is -1.14. The summed E-state index contributed by atoms with van der Waals surface area (Å²) in [6, 6.07) is 8.59. The molecule has 1 saturated carbocycles. The molecular formula is C33H36F2N2O3S. The van der Waals surface area contributed by atoms with Gasteiger partial charge in [0.1, 0.15) is 0 Å². The molecule has 0 spiro atoms. The standard InChI is InChI=1S/C33H36F2N2O3S/c1-6-21(22-8-9-22)17-27(38)24-11-10-23(16-20(24)3)26-15-19(2)7-12-25-30(41-5)18-31(36-37(25)26)40-29-14-13-28(39-4)32(34)33(29)35/h10-16,18-19,21-22H,6-9,17H2,1-5H3. The molecule has 216 valence electrons. The number of ether oxygens (including phenoxy) is 2. The second-order valence-electron chi connectivity index (χ2n) is 11.0. The predicted molar refractivity (Wildman–Crippen MR) is 161 cm³/mol. The van der Waals surface area contributed by atoms with Crippen LogP contribution in [0, 0.1) is 36.3 Å². The number of rotatable bonds is 9. The molecule has 1 fully saturated rings. The molecule has 0 saturated heterocycles. The molecule has 0 radical (unpaired) electrons. The normalized spacial score (nSPS) is 19.3. The Bertz CT molecular complexity index is 1480. The van der Waals surface area contributed by atoms with Crippen molar-refractivity contribution in [1.82, 2.24) is 5.01 Å². The molecule has 3 aliphatic rings. The summed E-state index contributed by atoms with van der Waals surface area (Å²) in [6.45, 7) is 6.29. The first kappa shape index (κ1) is 29.1. The Labute approximate surface area is 245 Å². The van der Waals surface area contributed by atoms with E-state index in [9.17, 15) is 13.6 Å². The number of halogens is 2. The molecule has 2 unspecified atom stereocenters. The first-order chi connectivity index (χ1) is 19.7. The summed E-state index contributed by atoms with van der Waals surface area (Å²) in [4.78, 5) is 14.1. The largest absolute Gasteiger partial charge is 0.494 e. The third-order valence-electron chi connectivity index (χ3n) is 8.04. The number of hydrazone groups is 1. The Morgan fingerprint density at radius 1 is 1.15 bits per heavy atom. The van der Waals surface area contributed by atoms with E-state index in [-0.39, 0.29) is 29.1 Å². The third-order valence-corrected chi connectivity index (χ3v) is 8.80. The number of methoxy groups -OCH3 is 1. The second kappa shape index (κ2) is 12.2. The topological polar surface area (TPSA) is 51.1 Å². The molecule has 0 amide bonds. The molecule has 2 heterocycles. The van der Waals surface area contributed by atoms with Crippen LogP contribution in [-0.2, 0) is 0 Å². The van der Waals surface area contributed by atoms with Crippen molar-refractivity contribution in [2.45, 2.75) is 52.9 Å². The van der Waals surface area contributed by atoms with Crippen LogP contribution in [0.3, 0.4) is 0 Å². The smallest absolute Gasteiger partial charge is 0.238 e. The molecule has 1 aliphatic carbocycles. The molecule has 5 nitrogen and oxygen atoms in total. The Morgan fingerprint density at radius 2 is 1.88 bits per heavy atom. The fourth-order valence-electron chi connectivity index (χ4n) is 5.54. The van der Waals surface area contributed by atoms with Crippen molar-refractivity contribution in [3.63, 3.8) is 0 Å². The number of hydrogen-bond acceptors (Lipinski definition) is 6. The van der Waals surface area contributed by atoms with Crippen LogP contribution in [0.1, 0.15) is 67.4 Å². The quantitative estimate of drug-likeness (QED) is 0.279. The molecule has 2 aromatic rings. The first-order valence-corrected chi connectivity index (χ1v) is 15.4. The van der Waals surface area contributed by atoms with Gasteiger partial charge >= 0.3 is 0 Å². The molecule has 41 heavy (non-hydrogen) atoms. The lowest BCUT2D eigenvalue weighted by Crippen LogP contribution is -2.25. The molecule has 2 atom stereocenters. The lowest BCUT2D eigenvalue weighted by atomic mass is 9.90. The van der Waals surface area contributed by atoms with Crippen molar-refractivity contribution < 1.29 is 23.0 Å². The zero-order valence-electron chi connectivity index (χ0n) is 24.2. The zero-order valence-corrected chi connectivity index (χ0v) is 25.0. The number of benzene rings is 2. The fourth-order valence-corrected chi connectivity index (χ4v) is 6.14. The minimum Gasteiger partial charge on any atom is -0.494 e. The monoisotopic (exact) mass is 578 g/mol. The van der Waals surface area contributed by atoms with E-state index in [1.807, 2.05) is 31.4 Å². The summed E-state index contributed by atoms with van der Waals surface area (Å²) in [7, 11) is 1.28. The van der Waals surface area contributed by atoms with Gasteiger partial charge in [0.25, 0.3) is 0 Å². The van der Waals surface area contributed by atoms with E-state index >= 15 is 0 Å². The van der Waals surface area contributed by atoms with Gasteiger partial charge in [0.05, 0.1) is 18.5 Å². The van der Waals surface area contributed by atoms with Crippen LogP contribution in [0.2, 0.25) is 0 Å². The van der Waals surface area contributed by atoms with Crippen molar-refractivity contribution >= 4 is 29.1 Å². The summed E-state index contributed by atoms with van der Waals surface area (Å²) in [5, 5.41) is 6.55. The Balaban J connectivity index is 1.48. The number of thioether (sulfide) groups is 1. The SMILES string of the molecule is CCC(CC(=O)c1ccc(C2=CC(C)CC=C3C(SC)=CC(Oc4ccc(OC)c(F)c4F)=NN32)cc1C)C1CC1. The van der Waals surface area contributed by atoms with Crippen LogP contribution in [-0.4, -0.2) is 30.1 Å². The predicted octanol–water partition coefficient (Wildman–Crippen LogP) is 8.51. The van der Waals surface area contributed by atoms with Gasteiger partial charge in [-0.15, -0.1) is 16.9 Å². The van der Waals surface area contributed by atoms with Gasteiger partial charge in [-0.1, -0.05) is 44.6 Å². The van der Waals surface area contributed by atoms with Crippen LogP contribution >= 0.6 is 11.8 Å². The highest BCUT2D eigenvalue weighted by atomic mass is 32.2. The van der Waals surface area contributed by atoms with E-state index in [0.717, 1.165) is 45.8 Å². The average molecular weight is 579 g/mol. The van der Waals surface area contributed by atoms with Crippen LogP contribution in [0.4, 0.5) is 8.78 Å². The van der Waals surface area contributed by atoms with Gasteiger partial charge in [0.15, 0.2) is 17.3 Å². The molecule has 0 aromatic heterocycles.